The van der Waals surface area contributed by atoms with Crippen molar-refractivity contribution in [2.45, 2.75) is 38.8 Å². The van der Waals surface area contributed by atoms with E-state index in [0.717, 1.165) is 36.3 Å². The number of anilines is 1. The molecule has 0 radical (unpaired) electrons. The summed E-state index contributed by atoms with van der Waals surface area (Å²) in [6, 6.07) is 7.86. The van der Waals surface area contributed by atoms with Crippen molar-refractivity contribution in [3.8, 4) is 0 Å². The zero-order valence-corrected chi connectivity index (χ0v) is 11.5. The molecule has 0 bridgehead atoms. The Hall–Kier alpha value is -1.55. The summed E-state index contributed by atoms with van der Waals surface area (Å²) in [4.78, 5) is 0. The Kier molecular flexibility index (Phi) is 3.69. The highest BCUT2D eigenvalue weighted by molar-refractivity contribution is 6.30. The summed E-state index contributed by atoms with van der Waals surface area (Å²) in [5.74, 6) is 1.99. The minimum Gasteiger partial charge on any atom is -0.350 e. The lowest BCUT2D eigenvalue weighted by molar-refractivity contribution is 0.635. The van der Waals surface area contributed by atoms with Crippen LogP contribution in [0.4, 0.5) is 5.95 Å². The van der Waals surface area contributed by atoms with Crippen LogP contribution in [-0.4, -0.2) is 14.8 Å². The number of nitrogens with one attached hydrogen (secondary N) is 1. The first kappa shape index (κ1) is 12.5. The van der Waals surface area contributed by atoms with Gasteiger partial charge < -0.3 is 5.32 Å². The Balaban J connectivity index is 1.70. The van der Waals surface area contributed by atoms with Crippen molar-refractivity contribution >= 4 is 17.5 Å². The van der Waals surface area contributed by atoms with Gasteiger partial charge in [0.2, 0.25) is 5.95 Å². The molecule has 1 aromatic heterocycles. The van der Waals surface area contributed by atoms with E-state index in [1.54, 1.807) is 0 Å². The van der Waals surface area contributed by atoms with Crippen LogP contribution in [0.1, 0.15) is 30.7 Å². The molecule has 0 fully saturated rings. The molecule has 0 spiro atoms. The molecule has 0 saturated carbocycles. The molecule has 0 atom stereocenters. The maximum Gasteiger partial charge on any atom is 0.224 e. The fourth-order valence-electron chi connectivity index (χ4n) is 2.40. The molecule has 3 rings (SSSR count). The summed E-state index contributed by atoms with van der Waals surface area (Å²) in [6.45, 7) is 1.76. The molecule has 0 amide bonds. The average molecular weight is 277 g/mol. The molecule has 19 heavy (non-hydrogen) atoms. The van der Waals surface area contributed by atoms with Gasteiger partial charge in [0.25, 0.3) is 0 Å². The molecule has 0 unspecified atom stereocenters. The number of hydrogen-bond donors (Lipinski definition) is 1. The van der Waals surface area contributed by atoms with Crippen LogP contribution < -0.4 is 5.32 Å². The number of benzene rings is 1. The van der Waals surface area contributed by atoms with E-state index in [-0.39, 0.29) is 0 Å². The summed E-state index contributed by atoms with van der Waals surface area (Å²) in [5, 5.41) is 12.6. The van der Waals surface area contributed by atoms with Gasteiger partial charge in [-0.15, -0.1) is 10.2 Å². The van der Waals surface area contributed by atoms with Gasteiger partial charge >= 0.3 is 0 Å². The Morgan fingerprint density at radius 1 is 1.11 bits per heavy atom. The summed E-state index contributed by atoms with van der Waals surface area (Å²) < 4.78 is 2.21. The third-order valence-corrected chi connectivity index (χ3v) is 3.73. The number of hydrogen-bond acceptors (Lipinski definition) is 3. The molecule has 1 aliphatic heterocycles. The van der Waals surface area contributed by atoms with E-state index < -0.39 is 0 Å². The number of halogens is 1. The molecular formula is C14H17ClN4. The summed E-state index contributed by atoms with van der Waals surface area (Å²) in [7, 11) is 0. The number of aryl methyl sites for hydroxylation is 1. The van der Waals surface area contributed by atoms with Gasteiger partial charge in [-0.1, -0.05) is 30.2 Å². The molecule has 1 aromatic carbocycles. The van der Waals surface area contributed by atoms with Gasteiger partial charge in [0.15, 0.2) is 0 Å². The summed E-state index contributed by atoms with van der Waals surface area (Å²) >= 11 is 5.88. The lowest BCUT2D eigenvalue weighted by atomic mass is 10.2. The van der Waals surface area contributed by atoms with Crippen LogP contribution in [0.2, 0.25) is 5.02 Å². The third-order valence-electron chi connectivity index (χ3n) is 3.47. The first-order valence-electron chi connectivity index (χ1n) is 6.73. The zero-order valence-electron chi connectivity index (χ0n) is 10.8. The highest BCUT2D eigenvalue weighted by atomic mass is 35.5. The van der Waals surface area contributed by atoms with Gasteiger partial charge in [0.1, 0.15) is 5.82 Å². The molecule has 2 heterocycles. The van der Waals surface area contributed by atoms with E-state index >= 15 is 0 Å². The van der Waals surface area contributed by atoms with Crippen molar-refractivity contribution in [3.63, 3.8) is 0 Å². The largest absolute Gasteiger partial charge is 0.350 e. The molecule has 100 valence electrons. The lowest BCUT2D eigenvalue weighted by Crippen LogP contribution is -2.09. The second-order valence-corrected chi connectivity index (χ2v) is 5.32. The van der Waals surface area contributed by atoms with E-state index in [2.05, 4.69) is 20.1 Å². The van der Waals surface area contributed by atoms with Crippen LogP contribution in [0.15, 0.2) is 24.3 Å². The predicted octanol–water partition coefficient (Wildman–Crippen LogP) is 3.27. The van der Waals surface area contributed by atoms with E-state index in [0.29, 0.717) is 0 Å². The molecular weight excluding hydrogens is 260 g/mol. The quantitative estimate of drug-likeness (QED) is 0.936. The Morgan fingerprint density at radius 2 is 1.95 bits per heavy atom. The van der Waals surface area contributed by atoms with Crippen molar-refractivity contribution in [1.82, 2.24) is 14.8 Å². The van der Waals surface area contributed by atoms with Crippen molar-refractivity contribution in [2.24, 2.45) is 0 Å². The summed E-state index contributed by atoms with van der Waals surface area (Å²) in [5.41, 5.74) is 1.19. The van der Waals surface area contributed by atoms with Gasteiger partial charge in [-0.2, -0.15) is 0 Å². The maximum atomic E-state index is 5.88. The fraction of sp³-hybridized carbons (Fsp3) is 0.429. The van der Waals surface area contributed by atoms with Gasteiger partial charge in [-0.25, -0.2) is 0 Å². The Labute approximate surface area is 117 Å². The third kappa shape index (κ3) is 2.89. The fourth-order valence-corrected chi connectivity index (χ4v) is 2.53. The van der Waals surface area contributed by atoms with E-state index in [1.807, 2.05) is 24.3 Å². The molecule has 1 aliphatic rings. The van der Waals surface area contributed by atoms with Crippen LogP contribution in [0.5, 0.6) is 0 Å². The van der Waals surface area contributed by atoms with Gasteiger partial charge in [0, 0.05) is 24.5 Å². The number of fused-ring (bicyclic) bond motifs is 1. The molecule has 0 saturated heterocycles. The van der Waals surface area contributed by atoms with Crippen LogP contribution >= 0.6 is 11.6 Å². The smallest absolute Gasteiger partial charge is 0.224 e. The van der Waals surface area contributed by atoms with Crippen LogP contribution in [0, 0.1) is 0 Å². The minimum atomic E-state index is 0.745. The Morgan fingerprint density at radius 3 is 2.79 bits per heavy atom. The van der Waals surface area contributed by atoms with Gasteiger partial charge in [-0.05, 0) is 30.5 Å². The average Bonchev–Trinajstić information content (AvgIpc) is 2.66. The first-order chi connectivity index (χ1) is 9.33. The molecule has 1 N–H and O–H groups in total. The lowest BCUT2D eigenvalue weighted by Gasteiger charge is -2.09. The highest BCUT2D eigenvalue weighted by Gasteiger charge is 2.13. The Bertz CT molecular complexity index is 547. The van der Waals surface area contributed by atoms with Crippen molar-refractivity contribution in [1.29, 1.82) is 0 Å². The topological polar surface area (TPSA) is 42.7 Å². The van der Waals surface area contributed by atoms with E-state index in [1.165, 1.54) is 24.8 Å². The maximum absolute atomic E-state index is 5.88. The SMILES string of the molecule is Clc1ccc(CNc2nnc3n2CCCCC3)cc1. The van der Waals surface area contributed by atoms with Crippen molar-refractivity contribution in [3.05, 3.63) is 40.7 Å². The molecule has 5 heteroatoms. The van der Waals surface area contributed by atoms with Gasteiger partial charge in [-0.3, -0.25) is 4.57 Å². The first-order valence-corrected chi connectivity index (χ1v) is 7.11. The van der Waals surface area contributed by atoms with Crippen molar-refractivity contribution < 1.29 is 0 Å². The van der Waals surface area contributed by atoms with Gasteiger partial charge in [0.05, 0.1) is 0 Å². The van der Waals surface area contributed by atoms with Crippen LogP contribution in [0.25, 0.3) is 0 Å². The van der Waals surface area contributed by atoms with Crippen LogP contribution in [0.3, 0.4) is 0 Å². The normalized spacial score (nSPS) is 14.8. The number of rotatable bonds is 3. The molecule has 2 aromatic rings. The second-order valence-electron chi connectivity index (χ2n) is 4.88. The van der Waals surface area contributed by atoms with Crippen molar-refractivity contribution in [2.75, 3.05) is 5.32 Å². The van der Waals surface area contributed by atoms with Crippen LogP contribution in [-0.2, 0) is 19.5 Å². The standard InChI is InChI=1S/C14H17ClN4/c15-12-7-5-11(6-8-12)10-16-14-18-17-13-4-2-1-3-9-19(13)14/h5-8H,1-4,9-10H2,(H,16,18). The minimum absolute atomic E-state index is 0.745. The monoisotopic (exact) mass is 276 g/mol. The predicted molar refractivity (Wildman–Crippen MR) is 76.4 cm³/mol. The van der Waals surface area contributed by atoms with E-state index in [9.17, 15) is 0 Å². The summed E-state index contributed by atoms with van der Waals surface area (Å²) in [6.07, 6.45) is 4.74. The highest BCUT2D eigenvalue weighted by Crippen LogP contribution is 2.18. The zero-order chi connectivity index (χ0) is 13.1. The van der Waals surface area contributed by atoms with E-state index in [4.69, 9.17) is 11.6 Å². The second kappa shape index (κ2) is 5.61. The molecule has 0 aliphatic carbocycles. The number of nitrogens with zero attached hydrogens (tertiary/aromatic N) is 3. The molecule has 4 nitrogen and oxygen atoms in total. The number of aromatic nitrogens is 3.